The molecule has 2 rings (SSSR count). The number of carbonyl (C=O) groups is 1. The summed E-state index contributed by atoms with van der Waals surface area (Å²) in [5.41, 5.74) is 0. The predicted octanol–water partition coefficient (Wildman–Crippen LogP) is 1.11. The molecule has 2 heteroatoms. The number of rotatable bonds is 0. The fraction of sp³-hybridized carbons (Fsp3) is 0.889. The maximum absolute atomic E-state index is 11.4. The Balaban J connectivity index is 2.09. The lowest BCUT2D eigenvalue weighted by Gasteiger charge is -2.23. The molecule has 1 saturated carbocycles. The Labute approximate surface area is 67.4 Å². The van der Waals surface area contributed by atoms with E-state index in [1.807, 2.05) is 0 Å². The molecule has 3 atom stereocenters. The van der Waals surface area contributed by atoms with E-state index in [-0.39, 0.29) is 0 Å². The third kappa shape index (κ3) is 1.20. The van der Waals surface area contributed by atoms with Crippen LogP contribution in [0.4, 0.5) is 0 Å². The molecule has 0 aromatic rings. The van der Waals surface area contributed by atoms with Gasteiger partial charge in [0.05, 0.1) is 0 Å². The van der Waals surface area contributed by atoms with Crippen LogP contribution in [0.25, 0.3) is 0 Å². The summed E-state index contributed by atoms with van der Waals surface area (Å²) in [6, 6.07) is 1.08. The smallest absolute Gasteiger partial charge is 0.137 e. The molecule has 11 heavy (non-hydrogen) atoms. The number of ketones is 1. The van der Waals surface area contributed by atoms with Crippen molar-refractivity contribution in [3.63, 3.8) is 0 Å². The molecule has 1 N–H and O–H groups in total. The molecule has 0 spiro atoms. The molecule has 0 aromatic carbocycles. The number of Topliss-reactive ketones (excluding diaryl/α,β-unsaturated/α-hetero) is 1. The monoisotopic (exact) mass is 153 g/mol. The minimum atomic E-state index is 0.360. The molecular weight excluding hydrogens is 138 g/mol. The van der Waals surface area contributed by atoms with Gasteiger partial charge in [0.1, 0.15) is 5.78 Å². The van der Waals surface area contributed by atoms with Gasteiger partial charge in [-0.1, -0.05) is 0 Å². The van der Waals surface area contributed by atoms with Crippen molar-refractivity contribution in [1.29, 1.82) is 0 Å². The van der Waals surface area contributed by atoms with Crippen molar-refractivity contribution in [2.75, 3.05) is 0 Å². The Morgan fingerprint density at radius 1 is 1.55 bits per heavy atom. The van der Waals surface area contributed by atoms with E-state index in [9.17, 15) is 4.79 Å². The van der Waals surface area contributed by atoms with Gasteiger partial charge in [-0.05, 0) is 26.2 Å². The molecular formula is C9H15NO. The molecule has 62 valence electrons. The maximum atomic E-state index is 11.4. The highest BCUT2D eigenvalue weighted by Crippen LogP contribution is 2.30. The van der Waals surface area contributed by atoms with Crippen LogP contribution in [0.3, 0.4) is 0 Å². The lowest BCUT2D eigenvalue weighted by Crippen LogP contribution is -2.36. The van der Waals surface area contributed by atoms with Gasteiger partial charge in [-0.2, -0.15) is 0 Å². The fourth-order valence-electron chi connectivity index (χ4n) is 2.42. The van der Waals surface area contributed by atoms with Gasteiger partial charge in [-0.3, -0.25) is 4.79 Å². The van der Waals surface area contributed by atoms with Crippen LogP contribution < -0.4 is 5.32 Å². The zero-order chi connectivity index (χ0) is 7.84. The minimum Gasteiger partial charge on any atom is -0.311 e. The van der Waals surface area contributed by atoms with Gasteiger partial charge in [0, 0.05) is 24.4 Å². The second kappa shape index (κ2) is 2.59. The minimum absolute atomic E-state index is 0.360. The summed E-state index contributed by atoms with van der Waals surface area (Å²) in [5, 5.41) is 3.47. The average Bonchev–Trinajstić information content (AvgIpc) is 2.31. The van der Waals surface area contributed by atoms with Gasteiger partial charge in [0.25, 0.3) is 0 Å². The summed E-state index contributed by atoms with van der Waals surface area (Å²) in [4.78, 5) is 11.4. The van der Waals surface area contributed by atoms with Gasteiger partial charge in [-0.25, -0.2) is 0 Å². The maximum Gasteiger partial charge on any atom is 0.137 e. The third-order valence-electron chi connectivity index (χ3n) is 2.94. The molecule has 1 aliphatic carbocycles. The molecule has 1 heterocycles. The van der Waals surface area contributed by atoms with Crippen LogP contribution in [0.5, 0.6) is 0 Å². The quantitative estimate of drug-likeness (QED) is 0.564. The van der Waals surface area contributed by atoms with Gasteiger partial charge in [0.2, 0.25) is 0 Å². The summed E-state index contributed by atoms with van der Waals surface area (Å²) >= 11 is 0. The van der Waals surface area contributed by atoms with Crippen LogP contribution >= 0.6 is 0 Å². The van der Waals surface area contributed by atoms with E-state index >= 15 is 0 Å². The van der Waals surface area contributed by atoms with Crippen molar-refractivity contribution < 1.29 is 4.79 Å². The van der Waals surface area contributed by atoms with Crippen molar-refractivity contribution in [3.8, 4) is 0 Å². The van der Waals surface area contributed by atoms with Crippen LogP contribution in [0.15, 0.2) is 0 Å². The standard InChI is InChI=1S/C9H15NO/c1-6-5-7-8(10-6)3-2-4-9(7)11/h6-8,10H,2-5H2,1H3. The second-order valence-electron chi connectivity index (χ2n) is 3.87. The van der Waals surface area contributed by atoms with Gasteiger partial charge >= 0.3 is 0 Å². The second-order valence-corrected chi connectivity index (χ2v) is 3.87. The number of hydrogen-bond acceptors (Lipinski definition) is 2. The van der Waals surface area contributed by atoms with Gasteiger partial charge in [0.15, 0.2) is 0 Å². The number of fused-ring (bicyclic) bond motifs is 1. The van der Waals surface area contributed by atoms with Crippen LogP contribution in [0.1, 0.15) is 32.6 Å². The van der Waals surface area contributed by atoms with E-state index in [0.29, 0.717) is 23.8 Å². The summed E-state index contributed by atoms with van der Waals surface area (Å²) in [5.74, 6) is 0.858. The van der Waals surface area contributed by atoms with E-state index in [1.165, 1.54) is 6.42 Å². The van der Waals surface area contributed by atoms with E-state index < -0.39 is 0 Å². The van der Waals surface area contributed by atoms with E-state index in [1.54, 1.807) is 0 Å². The van der Waals surface area contributed by atoms with Gasteiger partial charge in [-0.15, -0.1) is 0 Å². The third-order valence-corrected chi connectivity index (χ3v) is 2.94. The predicted molar refractivity (Wildman–Crippen MR) is 43.4 cm³/mol. The summed E-state index contributed by atoms with van der Waals surface area (Å²) in [6.07, 6.45) is 4.21. The Morgan fingerprint density at radius 2 is 2.36 bits per heavy atom. The summed E-state index contributed by atoms with van der Waals surface area (Å²) in [6.45, 7) is 2.17. The molecule has 3 unspecified atom stereocenters. The Bertz CT molecular complexity index is 178. The highest BCUT2D eigenvalue weighted by molar-refractivity contribution is 5.82. The van der Waals surface area contributed by atoms with Crippen molar-refractivity contribution in [2.24, 2.45) is 5.92 Å². The molecule has 0 radical (unpaired) electrons. The first kappa shape index (κ1) is 7.29. The molecule has 2 aliphatic rings. The molecule has 0 aromatic heterocycles. The van der Waals surface area contributed by atoms with Crippen molar-refractivity contribution in [1.82, 2.24) is 5.32 Å². The van der Waals surface area contributed by atoms with Crippen molar-refractivity contribution in [3.05, 3.63) is 0 Å². The SMILES string of the molecule is CC1CC2C(=O)CCCC2N1. The van der Waals surface area contributed by atoms with E-state index in [4.69, 9.17) is 0 Å². The normalized spacial score (nSPS) is 44.1. The van der Waals surface area contributed by atoms with E-state index in [2.05, 4.69) is 12.2 Å². The first-order chi connectivity index (χ1) is 5.27. The number of nitrogens with one attached hydrogen (secondary N) is 1. The number of hydrogen-bond donors (Lipinski definition) is 1. The largest absolute Gasteiger partial charge is 0.311 e. The van der Waals surface area contributed by atoms with E-state index in [0.717, 1.165) is 19.3 Å². The fourth-order valence-corrected chi connectivity index (χ4v) is 2.42. The van der Waals surface area contributed by atoms with Gasteiger partial charge < -0.3 is 5.32 Å². The Morgan fingerprint density at radius 3 is 3.09 bits per heavy atom. The van der Waals surface area contributed by atoms with Crippen molar-refractivity contribution in [2.45, 2.75) is 44.7 Å². The molecule has 0 amide bonds. The Kier molecular flexibility index (Phi) is 1.72. The first-order valence-corrected chi connectivity index (χ1v) is 4.56. The van der Waals surface area contributed by atoms with Crippen LogP contribution in [-0.4, -0.2) is 17.9 Å². The lowest BCUT2D eigenvalue weighted by molar-refractivity contribution is -0.124. The van der Waals surface area contributed by atoms with Crippen molar-refractivity contribution >= 4 is 5.78 Å². The summed E-state index contributed by atoms with van der Waals surface area (Å²) < 4.78 is 0. The highest BCUT2D eigenvalue weighted by Gasteiger charge is 2.37. The first-order valence-electron chi connectivity index (χ1n) is 4.56. The molecule has 1 aliphatic heterocycles. The molecule has 0 bridgehead atoms. The molecule has 2 nitrogen and oxygen atoms in total. The summed E-state index contributed by atoms with van der Waals surface area (Å²) in [7, 11) is 0. The highest BCUT2D eigenvalue weighted by atomic mass is 16.1. The zero-order valence-corrected chi connectivity index (χ0v) is 6.97. The average molecular weight is 153 g/mol. The molecule has 2 fully saturated rings. The topological polar surface area (TPSA) is 29.1 Å². The molecule has 1 saturated heterocycles. The van der Waals surface area contributed by atoms with Crippen LogP contribution in [0.2, 0.25) is 0 Å². The van der Waals surface area contributed by atoms with Crippen LogP contribution in [-0.2, 0) is 4.79 Å². The zero-order valence-electron chi connectivity index (χ0n) is 6.97. The lowest BCUT2D eigenvalue weighted by atomic mass is 9.84. The number of carbonyl (C=O) groups excluding carboxylic acids is 1. The Hall–Kier alpha value is -0.370. The van der Waals surface area contributed by atoms with Crippen LogP contribution in [0, 0.1) is 5.92 Å².